The second-order valence-corrected chi connectivity index (χ2v) is 12.4. The standard InChI is InChI=1S/C47H28N4O/c1-3-15-29(16-4-1)45-48-46(30-17-5-2-6-18-30)50-47(49-45)38-27-31(28-41-42(38)37-24-12-14-26-40(37)52-41)51-39-25-13-11-23-36(39)43-34-21-9-7-19-32(34)33-20-8-10-22-35(33)44(43)51/h1-28H/i1D,2D,3D,4D,5D,6D,15D,16D,17D,18D. The van der Waals surface area contributed by atoms with E-state index < -0.39 is 60.4 Å². The Balaban J connectivity index is 1.31. The lowest BCUT2D eigenvalue weighted by atomic mass is 9.97. The molecular weight excluding hydrogens is 637 g/mol. The van der Waals surface area contributed by atoms with Gasteiger partial charge in [0.1, 0.15) is 11.2 Å². The topological polar surface area (TPSA) is 56.7 Å². The van der Waals surface area contributed by atoms with Crippen LogP contribution in [-0.2, 0) is 0 Å². The zero-order valence-corrected chi connectivity index (χ0v) is 27.1. The van der Waals surface area contributed by atoms with E-state index in [1.165, 1.54) is 0 Å². The van der Waals surface area contributed by atoms with Crippen LogP contribution >= 0.6 is 0 Å². The van der Waals surface area contributed by atoms with Crippen LogP contribution < -0.4 is 0 Å². The third-order valence-electron chi connectivity index (χ3n) is 9.59. The van der Waals surface area contributed by atoms with E-state index in [2.05, 4.69) is 45.9 Å². The van der Waals surface area contributed by atoms with Gasteiger partial charge in [-0.25, -0.2) is 15.0 Å². The first kappa shape index (κ1) is 20.5. The predicted octanol–water partition coefficient (Wildman–Crippen LogP) is 12.2. The van der Waals surface area contributed by atoms with Gasteiger partial charge in [-0.15, -0.1) is 0 Å². The Hall–Kier alpha value is -7.11. The maximum atomic E-state index is 8.87. The minimum atomic E-state index is -0.622. The SMILES string of the molecule is [2H]c1c([2H])c([2H])c(-c2nc(-c3c([2H])c([2H])c([2H])c([2H])c3[2H])nc(-c3cc(-n4c5ccccc5c5c6ccccc6c6ccccc6c54)cc4oc5ccccc5c34)n2)c([2H])c1[2H]. The Morgan fingerprint density at radius 1 is 0.462 bits per heavy atom. The van der Waals surface area contributed by atoms with Gasteiger partial charge in [-0.3, -0.25) is 0 Å². The van der Waals surface area contributed by atoms with Crippen molar-refractivity contribution in [3.05, 3.63) is 170 Å². The molecule has 0 spiro atoms. The molecule has 11 rings (SSSR count). The lowest BCUT2D eigenvalue weighted by molar-refractivity contribution is 0.668. The average Bonchev–Trinajstić information content (AvgIpc) is 3.85. The van der Waals surface area contributed by atoms with Crippen molar-refractivity contribution in [1.82, 2.24) is 19.5 Å². The summed E-state index contributed by atoms with van der Waals surface area (Å²) in [4.78, 5) is 14.2. The van der Waals surface area contributed by atoms with Crippen LogP contribution in [0.25, 0.3) is 105 Å². The lowest BCUT2D eigenvalue weighted by Crippen LogP contribution is -2.01. The summed E-state index contributed by atoms with van der Waals surface area (Å²) in [6.07, 6.45) is 0. The Bertz CT molecular complexity index is 3640. The van der Waals surface area contributed by atoms with E-state index in [1.807, 2.05) is 72.8 Å². The molecule has 3 aromatic heterocycles. The molecule has 0 unspecified atom stereocenters. The van der Waals surface area contributed by atoms with E-state index in [4.69, 9.17) is 28.1 Å². The van der Waals surface area contributed by atoms with E-state index in [0.29, 0.717) is 33.2 Å². The second kappa shape index (κ2) is 11.2. The van der Waals surface area contributed by atoms with Gasteiger partial charge in [0.05, 0.1) is 30.4 Å². The maximum Gasteiger partial charge on any atom is 0.164 e. The molecule has 0 saturated carbocycles. The highest BCUT2D eigenvalue weighted by molar-refractivity contribution is 6.32. The number of hydrogen-bond donors (Lipinski definition) is 0. The highest BCUT2D eigenvalue weighted by Crippen LogP contribution is 2.44. The molecule has 0 bridgehead atoms. The number of rotatable bonds is 4. The van der Waals surface area contributed by atoms with Crippen molar-refractivity contribution in [2.24, 2.45) is 0 Å². The van der Waals surface area contributed by atoms with Crippen LogP contribution in [-0.4, -0.2) is 19.5 Å². The number of hydrogen-bond acceptors (Lipinski definition) is 4. The molecule has 0 atom stereocenters. The van der Waals surface area contributed by atoms with Crippen LogP contribution in [0.1, 0.15) is 13.7 Å². The molecule has 0 amide bonds. The fourth-order valence-electron chi connectivity index (χ4n) is 7.49. The Morgan fingerprint density at radius 2 is 1.00 bits per heavy atom. The summed E-state index contributed by atoms with van der Waals surface area (Å²) < 4.78 is 94.6. The average molecular weight is 675 g/mol. The smallest absolute Gasteiger partial charge is 0.164 e. The molecule has 0 aliphatic carbocycles. The number of fused-ring (bicyclic) bond motifs is 11. The summed E-state index contributed by atoms with van der Waals surface area (Å²) in [5.41, 5.74) is 3.22. The van der Waals surface area contributed by atoms with Crippen LogP contribution in [0.2, 0.25) is 0 Å². The Kier molecular flexibility index (Phi) is 4.42. The first-order valence-corrected chi connectivity index (χ1v) is 16.6. The molecule has 0 aliphatic rings. The van der Waals surface area contributed by atoms with Gasteiger partial charge in [-0.2, -0.15) is 0 Å². The van der Waals surface area contributed by atoms with E-state index in [9.17, 15) is 0 Å². The molecule has 3 heterocycles. The van der Waals surface area contributed by atoms with Gasteiger partial charge in [0.25, 0.3) is 0 Å². The Morgan fingerprint density at radius 3 is 1.69 bits per heavy atom. The number of furan rings is 1. The highest BCUT2D eigenvalue weighted by atomic mass is 16.3. The van der Waals surface area contributed by atoms with Gasteiger partial charge in [-0.05, 0) is 34.4 Å². The van der Waals surface area contributed by atoms with Crippen LogP contribution in [0.15, 0.2) is 174 Å². The third-order valence-corrected chi connectivity index (χ3v) is 9.59. The van der Waals surface area contributed by atoms with Gasteiger partial charge < -0.3 is 8.98 Å². The predicted molar refractivity (Wildman–Crippen MR) is 213 cm³/mol. The van der Waals surface area contributed by atoms with Crippen LogP contribution in [0.3, 0.4) is 0 Å². The van der Waals surface area contributed by atoms with Gasteiger partial charge in [-0.1, -0.05) is 145 Å². The quantitative estimate of drug-likeness (QED) is 0.174. The second-order valence-electron chi connectivity index (χ2n) is 12.4. The zero-order valence-electron chi connectivity index (χ0n) is 37.1. The molecule has 0 radical (unpaired) electrons. The van der Waals surface area contributed by atoms with E-state index in [1.54, 1.807) is 0 Å². The van der Waals surface area contributed by atoms with Crippen molar-refractivity contribution in [2.75, 3.05) is 0 Å². The number of aromatic nitrogens is 4. The minimum Gasteiger partial charge on any atom is -0.456 e. The normalized spacial score (nSPS) is 14.5. The van der Waals surface area contributed by atoms with Crippen molar-refractivity contribution in [2.45, 2.75) is 0 Å². The largest absolute Gasteiger partial charge is 0.456 e. The fourth-order valence-corrected chi connectivity index (χ4v) is 7.49. The zero-order chi connectivity index (χ0) is 42.9. The first-order valence-electron chi connectivity index (χ1n) is 21.6. The molecule has 52 heavy (non-hydrogen) atoms. The molecule has 11 aromatic rings. The fraction of sp³-hybridized carbons (Fsp3) is 0. The molecule has 5 nitrogen and oxygen atoms in total. The van der Waals surface area contributed by atoms with Crippen LogP contribution in [0, 0.1) is 0 Å². The number of nitrogens with zero attached hydrogens (tertiary/aromatic N) is 4. The van der Waals surface area contributed by atoms with Crippen molar-refractivity contribution in [1.29, 1.82) is 0 Å². The van der Waals surface area contributed by atoms with Crippen LogP contribution in [0.5, 0.6) is 0 Å². The molecule has 242 valence electrons. The summed E-state index contributed by atoms with van der Waals surface area (Å²) in [7, 11) is 0. The Labute approximate surface area is 312 Å². The molecule has 5 heteroatoms. The first-order chi connectivity index (χ1) is 29.9. The third kappa shape index (κ3) is 4.26. The van der Waals surface area contributed by atoms with Crippen molar-refractivity contribution in [3.8, 4) is 39.9 Å². The number of para-hydroxylation sites is 2. The minimum absolute atomic E-state index is 0.0573. The molecule has 8 aromatic carbocycles. The molecule has 0 fully saturated rings. The van der Waals surface area contributed by atoms with Gasteiger partial charge in [0.15, 0.2) is 17.5 Å². The van der Waals surface area contributed by atoms with Crippen LogP contribution in [0.4, 0.5) is 0 Å². The summed E-state index contributed by atoms with van der Waals surface area (Å²) in [5, 5.41) is 7.62. The maximum absolute atomic E-state index is 8.87. The summed E-state index contributed by atoms with van der Waals surface area (Å²) >= 11 is 0. The van der Waals surface area contributed by atoms with E-state index in [-0.39, 0.29) is 28.6 Å². The van der Waals surface area contributed by atoms with E-state index >= 15 is 0 Å². The van der Waals surface area contributed by atoms with Gasteiger partial charge in [0.2, 0.25) is 0 Å². The highest BCUT2D eigenvalue weighted by Gasteiger charge is 2.23. The lowest BCUT2D eigenvalue weighted by Gasteiger charge is -2.14. The monoisotopic (exact) mass is 674 g/mol. The van der Waals surface area contributed by atoms with E-state index in [0.717, 1.165) is 43.4 Å². The molecule has 0 saturated heterocycles. The van der Waals surface area contributed by atoms with Crippen molar-refractivity contribution < 1.29 is 18.1 Å². The van der Waals surface area contributed by atoms with Crippen molar-refractivity contribution in [3.63, 3.8) is 0 Å². The molecule has 0 N–H and O–H groups in total. The van der Waals surface area contributed by atoms with Crippen molar-refractivity contribution >= 4 is 65.3 Å². The van der Waals surface area contributed by atoms with Gasteiger partial charge >= 0.3 is 0 Å². The van der Waals surface area contributed by atoms with Gasteiger partial charge in [0, 0.05) is 49.7 Å². The summed E-state index contributed by atoms with van der Waals surface area (Å²) in [6.45, 7) is 0. The number of benzene rings is 8. The summed E-state index contributed by atoms with van der Waals surface area (Å²) in [5.74, 6) is -0.762. The molecule has 0 aliphatic heterocycles. The molecular formula is C47H28N4O. The summed E-state index contributed by atoms with van der Waals surface area (Å²) in [6, 6.07) is 29.9.